The molecule has 1 heterocycles. The van der Waals surface area contributed by atoms with Gasteiger partial charge in [-0.3, -0.25) is 14.4 Å². The number of carbonyl (C=O) groups is 4. The van der Waals surface area contributed by atoms with Gasteiger partial charge in [0, 0.05) is 18.3 Å². The Labute approximate surface area is 127 Å². The number of aldehydes is 1. The molecule has 22 heavy (non-hydrogen) atoms. The summed E-state index contributed by atoms with van der Waals surface area (Å²) in [5.74, 6) is -2.62. The van der Waals surface area contributed by atoms with Crippen LogP contribution in [0.5, 0.6) is 0 Å². The van der Waals surface area contributed by atoms with Gasteiger partial charge in [0.2, 0.25) is 0 Å². The first-order chi connectivity index (χ1) is 10.5. The number of cyclic esters (lactones) is 2. The zero-order valence-corrected chi connectivity index (χ0v) is 11.9. The van der Waals surface area contributed by atoms with Crippen LogP contribution in [0.15, 0.2) is 24.3 Å². The van der Waals surface area contributed by atoms with E-state index in [9.17, 15) is 19.2 Å². The number of hydrogen-bond acceptors (Lipinski definition) is 5. The van der Waals surface area contributed by atoms with Gasteiger partial charge in [0.1, 0.15) is 6.29 Å². The average molecular weight is 304 g/mol. The highest BCUT2D eigenvalue weighted by atomic mass is 16.6. The van der Waals surface area contributed by atoms with Crippen LogP contribution in [0.2, 0.25) is 0 Å². The Morgan fingerprint density at radius 3 is 2.32 bits per heavy atom. The van der Waals surface area contributed by atoms with Gasteiger partial charge in [-0.15, -0.1) is 0 Å². The molecule has 2 rings (SSSR count). The fourth-order valence-electron chi connectivity index (χ4n) is 2.63. The van der Waals surface area contributed by atoms with E-state index in [1.165, 1.54) is 0 Å². The van der Waals surface area contributed by atoms with Crippen molar-refractivity contribution < 1.29 is 29.0 Å². The predicted molar refractivity (Wildman–Crippen MR) is 75.2 cm³/mol. The number of carboxylic acids is 1. The molecule has 0 bridgehead atoms. The zero-order chi connectivity index (χ0) is 16.1. The van der Waals surface area contributed by atoms with Crippen molar-refractivity contribution in [3.05, 3.63) is 35.4 Å². The lowest BCUT2D eigenvalue weighted by atomic mass is 9.87. The average Bonchev–Trinajstić information content (AvgIpc) is 2.45. The molecule has 0 amide bonds. The summed E-state index contributed by atoms with van der Waals surface area (Å²) < 4.78 is 4.49. The van der Waals surface area contributed by atoms with E-state index in [2.05, 4.69) is 4.74 Å². The zero-order valence-electron chi connectivity index (χ0n) is 11.9. The van der Waals surface area contributed by atoms with Crippen molar-refractivity contribution in [3.8, 4) is 0 Å². The standard InChI is InChI=1S/C16H16O6/c17-6-5-12(7-14(18)19)10-1-3-11(4-2-10)13-8-15(20)22-16(21)9-13/h1-4,6,12-13H,5,7-9H2,(H,18,19). The van der Waals surface area contributed by atoms with Gasteiger partial charge in [-0.2, -0.15) is 0 Å². The van der Waals surface area contributed by atoms with Crippen molar-refractivity contribution in [3.63, 3.8) is 0 Å². The van der Waals surface area contributed by atoms with E-state index < -0.39 is 17.9 Å². The first-order valence-electron chi connectivity index (χ1n) is 6.98. The molecular weight excluding hydrogens is 288 g/mol. The maximum absolute atomic E-state index is 11.3. The molecule has 0 aliphatic carbocycles. The third-order valence-electron chi connectivity index (χ3n) is 3.73. The molecule has 0 aromatic heterocycles. The van der Waals surface area contributed by atoms with Crippen molar-refractivity contribution in [2.75, 3.05) is 0 Å². The van der Waals surface area contributed by atoms with Crippen LogP contribution in [-0.4, -0.2) is 29.3 Å². The summed E-state index contributed by atoms with van der Waals surface area (Å²) in [6.07, 6.45) is 1.03. The van der Waals surface area contributed by atoms with Crippen LogP contribution in [0.1, 0.15) is 48.6 Å². The fraction of sp³-hybridized carbons (Fsp3) is 0.375. The number of ether oxygens (including phenoxy) is 1. The van der Waals surface area contributed by atoms with E-state index in [1.54, 1.807) is 24.3 Å². The normalized spacial score (nSPS) is 16.9. The number of aliphatic carboxylic acids is 1. The number of benzene rings is 1. The van der Waals surface area contributed by atoms with Crippen LogP contribution in [0.4, 0.5) is 0 Å². The van der Waals surface area contributed by atoms with Crippen LogP contribution in [0, 0.1) is 0 Å². The number of carboxylic acid groups (broad SMARTS) is 1. The summed E-state index contributed by atoms with van der Waals surface area (Å²) in [7, 11) is 0. The minimum Gasteiger partial charge on any atom is -0.481 e. The van der Waals surface area contributed by atoms with Crippen LogP contribution in [0.3, 0.4) is 0 Å². The van der Waals surface area contributed by atoms with Crippen molar-refractivity contribution in [2.45, 2.75) is 37.5 Å². The molecule has 6 heteroatoms. The molecule has 1 N–H and O–H groups in total. The topological polar surface area (TPSA) is 97.7 Å². The SMILES string of the molecule is O=CCC(CC(=O)O)c1ccc(C2CC(=O)OC(=O)C2)cc1. The Bertz CT molecular complexity index is 549. The molecule has 1 atom stereocenters. The van der Waals surface area contributed by atoms with Crippen molar-refractivity contribution in [1.82, 2.24) is 0 Å². The first kappa shape index (κ1) is 15.9. The van der Waals surface area contributed by atoms with Gasteiger partial charge in [-0.1, -0.05) is 24.3 Å². The second-order valence-corrected chi connectivity index (χ2v) is 5.32. The van der Waals surface area contributed by atoms with E-state index in [-0.39, 0.29) is 37.5 Å². The van der Waals surface area contributed by atoms with Gasteiger partial charge < -0.3 is 14.6 Å². The number of carbonyl (C=O) groups excluding carboxylic acids is 3. The fourth-order valence-corrected chi connectivity index (χ4v) is 2.63. The maximum Gasteiger partial charge on any atom is 0.314 e. The predicted octanol–water partition coefficient (Wildman–Crippen LogP) is 1.78. The molecule has 1 aromatic carbocycles. The summed E-state index contributed by atoms with van der Waals surface area (Å²) in [6.45, 7) is 0. The lowest BCUT2D eigenvalue weighted by Crippen LogP contribution is -2.24. The lowest BCUT2D eigenvalue weighted by molar-refractivity contribution is -0.164. The molecule has 6 nitrogen and oxygen atoms in total. The van der Waals surface area contributed by atoms with Crippen molar-refractivity contribution in [1.29, 1.82) is 0 Å². The van der Waals surface area contributed by atoms with E-state index >= 15 is 0 Å². The lowest BCUT2D eigenvalue weighted by Gasteiger charge is -2.21. The van der Waals surface area contributed by atoms with Crippen LogP contribution in [0.25, 0.3) is 0 Å². The molecule has 1 saturated heterocycles. The Morgan fingerprint density at radius 1 is 1.23 bits per heavy atom. The number of esters is 2. The molecule has 0 spiro atoms. The van der Waals surface area contributed by atoms with Crippen LogP contribution in [-0.2, 0) is 23.9 Å². The number of rotatable bonds is 6. The Hall–Kier alpha value is -2.50. The molecule has 1 aromatic rings. The van der Waals surface area contributed by atoms with Crippen molar-refractivity contribution in [2.24, 2.45) is 0 Å². The van der Waals surface area contributed by atoms with Gasteiger partial charge in [-0.25, -0.2) is 0 Å². The highest BCUT2D eigenvalue weighted by Crippen LogP contribution is 2.30. The van der Waals surface area contributed by atoms with E-state index in [4.69, 9.17) is 5.11 Å². The van der Waals surface area contributed by atoms with Crippen molar-refractivity contribution >= 4 is 24.2 Å². The molecule has 1 aliphatic heterocycles. The Kier molecular flexibility index (Phi) is 5.04. The van der Waals surface area contributed by atoms with Gasteiger partial charge >= 0.3 is 17.9 Å². The van der Waals surface area contributed by atoms with E-state index in [1.807, 2.05) is 0 Å². The second-order valence-electron chi connectivity index (χ2n) is 5.32. The minimum atomic E-state index is -0.962. The quantitative estimate of drug-likeness (QED) is 0.489. The minimum absolute atomic E-state index is 0.119. The van der Waals surface area contributed by atoms with Crippen LogP contribution >= 0.6 is 0 Å². The summed E-state index contributed by atoms with van der Waals surface area (Å²) in [5, 5.41) is 8.88. The summed E-state index contributed by atoms with van der Waals surface area (Å²) in [5.41, 5.74) is 1.58. The maximum atomic E-state index is 11.3. The molecule has 1 unspecified atom stereocenters. The van der Waals surface area contributed by atoms with E-state index in [0.29, 0.717) is 6.29 Å². The van der Waals surface area contributed by atoms with Gasteiger partial charge in [0.15, 0.2) is 0 Å². The number of hydrogen-bond donors (Lipinski definition) is 1. The second kappa shape index (κ2) is 6.98. The molecule has 0 saturated carbocycles. The summed E-state index contributed by atoms with van der Waals surface area (Å²) in [4.78, 5) is 44.1. The van der Waals surface area contributed by atoms with E-state index in [0.717, 1.165) is 11.1 Å². The summed E-state index contributed by atoms with van der Waals surface area (Å²) in [6, 6.07) is 7.03. The molecule has 0 radical (unpaired) electrons. The third-order valence-corrected chi connectivity index (χ3v) is 3.73. The third kappa shape index (κ3) is 4.00. The highest BCUT2D eigenvalue weighted by Gasteiger charge is 2.28. The largest absolute Gasteiger partial charge is 0.481 e. The molecule has 1 aliphatic rings. The Morgan fingerprint density at radius 2 is 1.82 bits per heavy atom. The molecule has 1 fully saturated rings. The monoisotopic (exact) mass is 304 g/mol. The van der Waals surface area contributed by atoms with Gasteiger partial charge in [0.05, 0.1) is 19.3 Å². The van der Waals surface area contributed by atoms with Crippen LogP contribution < -0.4 is 0 Å². The molecular formula is C16H16O6. The smallest absolute Gasteiger partial charge is 0.314 e. The van der Waals surface area contributed by atoms with Gasteiger partial charge in [-0.05, 0) is 11.1 Å². The first-order valence-corrected chi connectivity index (χ1v) is 6.98. The molecule has 116 valence electrons. The van der Waals surface area contributed by atoms with Gasteiger partial charge in [0.25, 0.3) is 0 Å². The highest BCUT2D eigenvalue weighted by molar-refractivity contribution is 5.89. The summed E-state index contributed by atoms with van der Waals surface area (Å²) >= 11 is 0. The Balaban J connectivity index is 2.14.